The number of aromatic nitrogens is 2. The Morgan fingerprint density at radius 1 is 1.17 bits per heavy atom. The van der Waals surface area contributed by atoms with E-state index in [9.17, 15) is 19.7 Å². The van der Waals surface area contributed by atoms with Gasteiger partial charge >= 0.3 is 7.60 Å². The van der Waals surface area contributed by atoms with E-state index in [0.29, 0.717) is 28.7 Å². The van der Waals surface area contributed by atoms with Crippen LogP contribution in [0.3, 0.4) is 0 Å². The minimum Gasteiger partial charge on any atom is -0.388 e. The topological polar surface area (TPSA) is 134 Å². The molecule has 0 radical (unpaired) electrons. The van der Waals surface area contributed by atoms with E-state index in [-0.39, 0.29) is 12.8 Å². The molecule has 0 amide bonds. The summed E-state index contributed by atoms with van der Waals surface area (Å²) in [4.78, 5) is 18.5. The van der Waals surface area contributed by atoms with Crippen LogP contribution in [0.25, 0.3) is 11.0 Å². The van der Waals surface area contributed by atoms with E-state index in [4.69, 9.17) is 26.2 Å². The second kappa shape index (κ2) is 10.9. The van der Waals surface area contributed by atoms with Crippen molar-refractivity contribution >= 4 is 30.8 Å². The average molecular weight is 543 g/mol. The number of aliphatic hydroxyl groups is 2. The van der Waals surface area contributed by atoms with Crippen LogP contribution in [0.4, 0.5) is 0 Å². The van der Waals surface area contributed by atoms with E-state index < -0.39 is 43.0 Å². The maximum Gasteiger partial charge on any atom is 0.359 e. The van der Waals surface area contributed by atoms with Gasteiger partial charge in [-0.05, 0) is 57.7 Å². The average Bonchev–Trinajstić information content (AvgIpc) is 3.11. The fraction of sp³-hybridized carbons (Fsp3) is 0.680. The smallest absolute Gasteiger partial charge is 0.359 e. The molecule has 0 aromatic carbocycles. The number of aromatic amines is 1. The highest BCUT2D eigenvalue weighted by atomic mass is 32.1. The van der Waals surface area contributed by atoms with Crippen molar-refractivity contribution in [2.75, 3.05) is 7.11 Å². The molecule has 4 N–H and O–H groups in total. The molecule has 0 spiro atoms. The zero-order valence-electron chi connectivity index (χ0n) is 22.1. The molecule has 3 heterocycles. The van der Waals surface area contributed by atoms with Crippen molar-refractivity contribution in [2.24, 2.45) is 0 Å². The lowest BCUT2D eigenvalue weighted by molar-refractivity contribution is -0.0644. The van der Waals surface area contributed by atoms with Crippen LogP contribution in [-0.4, -0.2) is 61.4 Å². The summed E-state index contributed by atoms with van der Waals surface area (Å²) >= 11 is 5.54. The first-order valence-electron chi connectivity index (χ1n) is 12.4. The van der Waals surface area contributed by atoms with Crippen molar-refractivity contribution < 1.29 is 33.7 Å². The molecule has 0 bridgehead atoms. The Balaban J connectivity index is 1.92. The third-order valence-corrected chi connectivity index (χ3v) is 10.5. The van der Waals surface area contributed by atoms with Gasteiger partial charge in [0.15, 0.2) is 5.34 Å². The molecule has 1 aliphatic rings. The first-order valence-corrected chi connectivity index (χ1v) is 14.4. The van der Waals surface area contributed by atoms with Gasteiger partial charge in [-0.2, -0.15) is 0 Å². The van der Waals surface area contributed by atoms with Crippen LogP contribution in [0.2, 0.25) is 0 Å². The molecule has 0 saturated carbocycles. The Kier molecular flexibility index (Phi) is 8.85. The molecule has 6 unspecified atom stereocenters. The van der Waals surface area contributed by atoms with Gasteiger partial charge in [0, 0.05) is 30.2 Å². The molecule has 9 nitrogen and oxygen atoms in total. The maximum atomic E-state index is 13.3. The lowest BCUT2D eigenvalue weighted by Gasteiger charge is -2.40. The van der Waals surface area contributed by atoms with Crippen LogP contribution in [0, 0.1) is 18.5 Å². The second-order valence-electron chi connectivity index (χ2n) is 9.90. The van der Waals surface area contributed by atoms with Gasteiger partial charge in [0.05, 0.1) is 11.7 Å². The Bertz CT molecular complexity index is 1190. The van der Waals surface area contributed by atoms with E-state index in [0.717, 1.165) is 16.6 Å². The number of rotatable bonds is 10. The predicted octanol–water partition coefficient (Wildman–Crippen LogP) is 4.99. The molecule has 2 aromatic rings. The summed E-state index contributed by atoms with van der Waals surface area (Å²) in [5, 5.41) is 21.3. The van der Waals surface area contributed by atoms with Gasteiger partial charge in [0.2, 0.25) is 0 Å². The summed E-state index contributed by atoms with van der Waals surface area (Å²) in [6.07, 6.45) is -3.04. The number of ether oxygens (including phenoxy) is 2. The molecule has 0 aliphatic carbocycles. The molecule has 1 fully saturated rings. The number of aliphatic hydroxyl groups excluding tert-OH is 2. The molecule has 1 saturated heterocycles. The first-order chi connectivity index (χ1) is 16.8. The molecular formula is C25H39N2O7PS. The highest BCUT2D eigenvalue weighted by molar-refractivity contribution is 7.71. The Hall–Kier alpha value is -1.23. The quantitative estimate of drug-likeness (QED) is 0.242. The largest absolute Gasteiger partial charge is 0.388 e. The van der Waals surface area contributed by atoms with Gasteiger partial charge in [-0.1, -0.05) is 33.0 Å². The van der Waals surface area contributed by atoms with Gasteiger partial charge in [-0.15, -0.1) is 0 Å². The number of H-pyrrole nitrogens is 1. The Morgan fingerprint density at radius 2 is 1.81 bits per heavy atom. The highest BCUT2D eigenvalue weighted by Crippen LogP contribution is 2.61. The summed E-state index contributed by atoms with van der Waals surface area (Å²) in [7, 11) is -2.85. The third-order valence-electron chi connectivity index (χ3n) is 7.84. The van der Waals surface area contributed by atoms with E-state index in [2.05, 4.69) is 9.97 Å². The van der Waals surface area contributed by atoms with Crippen molar-refractivity contribution in [3.63, 3.8) is 0 Å². The van der Waals surface area contributed by atoms with Gasteiger partial charge < -0.3 is 29.6 Å². The van der Waals surface area contributed by atoms with E-state index in [1.165, 1.54) is 7.11 Å². The second-order valence-corrected chi connectivity index (χ2v) is 12.5. The zero-order chi connectivity index (χ0) is 27.1. The number of nitrogens with zero attached hydrogens (tertiary/aromatic N) is 1. The fourth-order valence-corrected chi connectivity index (χ4v) is 6.58. The molecule has 6 atom stereocenters. The summed E-state index contributed by atoms with van der Waals surface area (Å²) in [6.45, 7) is 10.9. The van der Waals surface area contributed by atoms with Gasteiger partial charge in [0.25, 0.3) is 0 Å². The predicted molar refractivity (Wildman–Crippen MR) is 141 cm³/mol. The SMILES string of the molecule is CCC(CC)(CC1OC(c2cc3cc(C)c(C)nc3[nH]c2=S)C(O)C1O)OP(=O)(O)C(C)(CC)OC. The maximum absolute atomic E-state index is 13.3. The van der Waals surface area contributed by atoms with Crippen molar-refractivity contribution in [3.05, 3.63) is 33.6 Å². The number of methoxy groups -OCH3 is 1. The number of pyridine rings is 2. The van der Waals surface area contributed by atoms with Crippen molar-refractivity contribution in [3.8, 4) is 0 Å². The number of aryl methyl sites for hydroxylation is 2. The van der Waals surface area contributed by atoms with Crippen molar-refractivity contribution in [1.29, 1.82) is 0 Å². The van der Waals surface area contributed by atoms with Gasteiger partial charge in [0.1, 0.15) is 28.6 Å². The van der Waals surface area contributed by atoms with E-state index in [1.54, 1.807) is 13.8 Å². The van der Waals surface area contributed by atoms with Crippen LogP contribution < -0.4 is 0 Å². The summed E-state index contributed by atoms with van der Waals surface area (Å²) < 4.78 is 31.1. The lowest BCUT2D eigenvalue weighted by Crippen LogP contribution is -2.42. The van der Waals surface area contributed by atoms with Crippen LogP contribution in [0.15, 0.2) is 12.1 Å². The van der Waals surface area contributed by atoms with Gasteiger partial charge in [-0.3, -0.25) is 9.09 Å². The molecule has 3 rings (SSSR count). The minimum atomic E-state index is -4.23. The summed E-state index contributed by atoms with van der Waals surface area (Å²) in [5.74, 6) is 0. The highest BCUT2D eigenvalue weighted by Gasteiger charge is 2.52. The van der Waals surface area contributed by atoms with Crippen molar-refractivity contribution in [1.82, 2.24) is 9.97 Å². The number of fused-ring (bicyclic) bond motifs is 1. The standard InChI is InChI=1S/C25H39N2O7PS/c1-8-24(6,32-7)35(30,31)34-25(9-2,10-3)13-18-19(28)20(29)21(33-18)17-12-16-11-14(4)15(5)26-22(16)27-23(17)36/h11-12,18-21,28-29H,8-10,13H2,1-7H3,(H,30,31)(H,26,27,36). The number of hydrogen-bond donors (Lipinski definition) is 4. The fourth-order valence-electron chi connectivity index (χ4n) is 4.63. The summed E-state index contributed by atoms with van der Waals surface area (Å²) in [6, 6.07) is 3.81. The first kappa shape index (κ1) is 29.3. The molecule has 2 aromatic heterocycles. The molecule has 1 aliphatic heterocycles. The van der Waals surface area contributed by atoms with E-state index >= 15 is 0 Å². The van der Waals surface area contributed by atoms with E-state index in [1.807, 2.05) is 39.8 Å². The third kappa shape index (κ3) is 5.33. The minimum absolute atomic E-state index is 0.104. The zero-order valence-corrected chi connectivity index (χ0v) is 23.8. The number of hydrogen-bond acceptors (Lipinski definition) is 8. The molecule has 36 heavy (non-hydrogen) atoms. The lowest BCUT2D eigenvalue weighted by atomic mass is 9.88. The molecule has 11 heteroatoms. The van der Waals surface area contributed by atoms with Crippen LogP contribution in [0.5, 0.6) is 0 Å². The Labute approximate surface area is 217 Å². The van der Waals surface area contributed by atoms with Gasteiger partial charge in [-0.25, -0.2) is 4.98 Å². The molecular weight excluding hydrogens is 503 g/mol. The Morgan fingerprint density at radius 3 is 2.36 bits per heavy atom. The monoisotopic (exact) mass is 542 g/mol. The van der Waals surface area contributed by atoms with Crippen molar-refractivity contribution in [2.45, 2.75) is 103 Å². The van der Waals surface area contributed by atoms with Crippen LogP contribution in [-0.2, 0) is 18.6 Å². The van der Waals surface area contributed by atoms with Crippen LogP contribution >= 0.6 is 19.8 Å². The summed E-state index contributed by atoms with van der Waals surface area (Å²) in [5.41, 5.74) is 2.00. The van der Waals surface area contributed by atoms with Crippen LogP contribution in [0.1, 0.15) is 76.3 Å². The normalized spacial score (nSPS) is 26.2. The number of nitrogens with one attached hydrogen (secondary N) is 1. The molecule has 202 valence electrons.